The summed E-state index contributed by atoms with van der Waals surface area (Å²) in [4.78, 5) is 2.33. The van der Waals surface area contributed by atoms with Crippen molar-refractivity contribution in [2.45, 2.75) is 32.9 Å². The van der Waals surface area contributed by atoms with Crippen LogP contribution in [0.3, 0.4) is 0 Å². The standard InChI is InChI=1S/C9H22N2O/c1-8(2)11(5-6-12-4)7-9(3)10/h8-9H,5-7,10H2,1-4H3. The first-order valence-corrected chi connectivity index (χ1v) is 4.56. The summed E-state index contributed by atoms with van der Waals surface area (Å²) in [7, 11) is 1.73. The zero-order chi connectivity index (χ0) is 9.56. The molecule has 0 aliphatic carbocycles. The van der Waals surface area contributed by atoms with Gasteiger partial charge in [0.05, 0.1) is 6.61 Å². The monoisotopic (exact) mass is 174 g/mol. The number of hydrogen-bond donors (Lipinski definition) is 1. The Morgan fingerprint density at radius 3 is 2.25 bits per heavy atom. The molecule has 2 N–H and O–H groups in total. The Bertz CT molecular complexity index is 105. The Kier molecular flexibility index (Phi) is 6.34. The van der Waals surface area contributed by atoms with E-state index in [1.54, 1.807) is 7.11 Å². The first-order chi connectivity index (χ1) is 5.57. The van der Waals surface area contributed by atoms with E-state index < -0.39 is 0 Å². The van der Waals surface area contributed by atoms with E-state index in [1.807, 2.05) is 6.92 Å². The van der Waals surface area contributed by atoms with Crippen molar-refractivity contribution in [2.24, 2.45) is 5.73 Å². The first kappa shape index (κ1) is 11.9. The molecule has 0 spiro atoms. The first-order valence-electron chi connectivity index (χ1n) is 4.56. The van der Waals surface area contributed by atoms with Crippen LogP contribution in [-0.2, 0) is 4.74 Å². The molecule has 0 bridgehead atoms. The third-order valence-corrected chi connectivity index (χ3v) is 1.84. The van der Waals surface area contributed by atoms with Crippen LogP contribution in [-0.4, -0.2) is 43.8 Å². The second kappa shape index (κ2) is 6.40. The minimum absolute atomic E-state index is 0.240. The predicted molar refractivity (Wildman–Crippen MR) is 52.2 cm³/mol. The number of methoxy groups -OCH3 is 1. The van der Waals surface area contributed by atoms with E-state index in [2.05, 4.69) is 18.7 Å². The molecule has 0 rings (SSSR count). The summed E-state index contributed by atoms with van der Waals surface area (Å²) in [6.07, 6.45) is 0. The van der Waals surface area contributed by atoms with Crippen LogP contribution >= 0.6 is 0 Å². The van der Waals surface area contributed by atoms with Crippen molar-refractivity contribution >= 4 is 0 Å². The molecule has 0 aromatic rings. The highest BCUT2D eigenvalue weighted by Gasteiger charge is 2.10. The molecule has 0 aromatic carbocycles. The quantitative estimate of drug-likeness (QED) is 0.644. The van der Waals surface area contributed by atoms with Crippen LogP contribution in [0.4, 0.5) is 0 Å². The maximum atomic E-state index is 5.72. The molecule has 74 valence electrons. The smallest absolute Gasteiger partial charge is 0.0589 e. The molecular weight excluding hydrogens is 152 g/mol. The highest BCUT2D eigenvalue weighted by Crippen LogP contribution is 1.98. The van der Waals surface area contributed by atoms with Crippen molar-refractivity contribution in [1.29, 1.82) is 0 Å². The summed E-state index contributed by atoms with van der Waals surface area (Å²) in [5.41, 5.74) is 5.72. The van der Waals surface area contributed by atoms with Crippen molar-refractivity contribution in [3.63, 3.8) is 0 Å². The molecule has 12 heavy (non-hydrogen) atoms. The third kappa shape index (κ3) is 5.52. The van der Waals surface area contributed by atoms with Gasteiger partial charge in [-0.25, -0.2) is 0 Å². The highest BCUT2D eigenvalue weighted by molar-refractivity contribution is 4.67. The second-order valence-corrected chi connectivity index (χ2v) is 3.56. The fourth-order valence-corrected chi connectivity index (χ4v) is 1.14. The lowest BCUT2D eigenvalue weighted by atomic mass is 10.2. The number of hydrogen-bond acceptors (Lipinski definition) is 3. The second-order valence-electron chi connectivity index (χ2n) is 3.56. The summed E-state index contributed by atoms with van der Waals surface area (Å²) in [6, 6.07) is 0.787. The van der Waals surface area contributed by atoms with Gasteiger partial charge in [-0.05, 0) is 20.8 Å². The van der Waals surface area contributed by atoms with Crippen LogP contribution in [0.2, 0.25) is 0 Å². The van der Waals surface area contributed by atoms with E-state index in [1.165, 1.54) is 0 Å². The van der Waals surface area contributed by atoms with Crippen LogP contribution in [0.1, 0.15) is 20.8 Å². The van der Waals surface area contributed by atoms with E-state index in [0.29, 0.717) is 6.04 Å². The van der Waals surface area contributed by atoms with Gasteiger partial charge in [-0.1, -0.05) is 0 Å². The van der Waals surface area contributed by atoms with Gasteiger partial charge in [0.25, 0.3) is 0 Å². The lowest BCUT2D eigenvalue weighted by Crippen LogP contribution is -2.41. The molecule has 0 saturated heterocycles. The lowest BCUT2D eigenvalue weighted by molar-refractivity contribution is 0.126. The largest absolute Gasteiger partial charge is 0.383 e. The van der Waals surface area contributed by atoms with Crippen LogP contribution in [0.15, 0.2) is 0 Å². The van der Waals surface area contributed by atoms with Crippen molar-refractivity contribution in [3.05, 3.63) is 0 Å². The van der Waals surface area contributed by atoms with E-state index in [0.717, 1.165) is 19.7 Å². The van der Waals surface area contributed by atoms with Crippen molar-refractivity contribution in [2.75, 3.05) is 26.8 Å². The molecular formula is C9H22N2O. The van der Waals surface area contributed by atoms with E-state index >= 15 is 0 Å². The number of rotatable bonds is 6. The molecule has 0 aliphatic heterocycles. The van der Waals surface area contributed by atoms with Gasteiger partial charge in [-0.2, -0.15) is 0 Å². The molecule has 3 heteroatoms. The predicted octanol–water partition coefficient (Wildman–Crippen LogP) is 0.690. The molecule has 0 heterocycles. The molecule has 1 unspecified atom stereocenters. The van der Waals surface area contributed by atoms with Crippen molar-refractivity contribution in [3.8, 4) is 0 Å². The molecule has 0 fully saturated rings. The average molecular weight is 174 g/mol. The summed E-state index contributed by atoms with van der Waals surface area (Å²) in [5.74, 6) is 0. The molecule has 3 nitrogen and oxygen atoms in total. The third-order valence-electron chi connectivity index (χ3n) is 1.84. The van der Waals surface area contributed by atoms with Gasteiger partial charge >= 0.3 is 0 Å². The maximum absolute atomic E-state index is 5.72. The van der Waals surface area contributed by atoms with Gasteiger partial charge in [0, 0.05) is 32.3 Å². The fourth-order valence-electron chi connectivity index (χ4n) is 1.14. The summed E-state index contributed by atoms with van der Waals surface area (Å²) in [6.45, 7) is 9.08. The number of nitrogens with two attached hydrogens (primary N) is 1. The molecule has 1 atom stereocenters. The minimum Gasteiger partial charge on any atom is -0.383 e. The topological polar surface area (TPSA) is 38.5 Å². The minimum atomic E-state index is 0.240. The van der Waals surface area contributed by atoms with Crippen LogP contribution < -0.4 is 5.73 Å². The summed E-state index contributed by atoms with van der Waals surface area (Å²) >= 11 is 0. The van der Waals surface area contributed by atoms with E-state index in [4.69, 9.17) is 10.5 Å². The van der Waals surface area contributed by atoms with Crippen LogP contribution in [0.5, 0.6) is 0 Å². The SMILES string of the molecule is COCCN(CC(C)N)C(C)C. The van der Waals surface area contributed by atoms with Gasteiger partial charge in [0.1, 0.15) is 0 Å². The zero-order valence-electron chi connectivity index (χ0n) is 8.71. The van der Waals surface area contributed by atoms with Gasteiger partial charge in [0.2, 0.25) is 0 Å². The molecule has 0 aliphatic rings. The van der Waals surface area contributed by atoms with E-state index in [-0.39, 0.29) is 6.04 Å². The molecule has 0 radical (unpaired) electrons. The summed E-state index contributed by atoms with van der Waals surface area (Å²) < 4.78 is 5.02. The maximum Gasteiger partial charge on any atom is 0.0589 e. The zero-order valence-corrected chi connectivity index (χ0v) is 8.71. The average Bonchev–Trinajstić information content (AvgIpc) is 1.96. The number of ether oxygens (including phenoxy) is 1. The Morgan fingerprint density at radius 2 is 1.92 bits per heavy atom. The van der Waals surface area contributed by atoms with Crippen LogP contribution in [0.25, 0.3) is 0 Å². The molecule has 0 saturated carbocycles. The Morgan fingerprint density at radius 1 is 1.33 bits per heavy atom. The van der Waals surface area contributed by atoms with Crippen molar-refractivity contribution < 1.29 is 4.74 Å². The van der Waals surface area contributed by atoms with Gasteiger partial charge in [0.15, 0.2) is 0 Å². The fraction of sp³-hybridized carbons (Fsp3) is 1.00. The normalized spacial score (nSPS) is 14.2. The Labute approximate surface area is 75.9 Å². The Hall–Kier alpha value is -0.120. The molecule has 0 amide bonds. The summed E-state index contributed by atoms with van der Waals surface area (Å²) in [5, 5.41) is 0. The lowest BCUT2D eigenvalue weighted by Gasteiger charge is -2.27. The Balaban J connectivity index is 3.70. The van der Waals surface area contributed by atoms with E-state index in [9.17, 15) is 0 Å². The molecule has 0 aromatic heterocycles. The van der Waals surface area contributed by atoms with Crippen molar-refractivity contribution in [1.82, 2.24) is 4.90 Å². The van der Waals surface area contributed by atoms with Gasteiger partial charge in [-0.15, -0.1) is 0 Å². The van der Waals surface area contributed by atoms with Crippen LogP contribution in [0, 0.1) is 0 Å². The van der Waals surface area contributed by atoms with Gasteiger partial charge in [-0.3, -0.25) is 4.90 Å². The number of nitrogens with zero attached hydrogens (tertiary/aromatic N) is 1. The highest BCUT2D eigenvalue weighted by atomic mass is 16.5. The van der Waals surface area contributed by atoms with Gasteiger partial charge < -0.3 is 10.5 Å².